The minimum absolute atomic E-state index is 0.0404. The van der Waals surface area contributed by atoms with Gasteiger partial charge in [-0.3, -0.25) is 30.2 Å². The molecule has 13 heteroatoms. The minimum Gasteiger partial charge on any atom is -0.397 e. The molecule has 2 aromatic heterocycles. The molecule has 2 aliphatic heterocycles. The first-order valence-corrected chi connectivity index (χ1v) is 16.2. The van der Waals surface area contributed by atoms with Crippen molar-refractivity contribution in [3.05, 3.63) is 75.4 Å². The summed E-state index contributed by atoms with van der Waals surface area (Å²) >= 11 is 1.40. The lowest BCUT2D eigenvalue weighted by Gasteiger charge is -2.29. The molecule has 0 bridgehead atoms. The number of amidine groups is 1. The van der Waals surface area contributed by atoms with Crippen molar-refractivity contribution in [2.24, 2.45) is 10.9 Å². The van der Waals surface area contributed by atoms with Crippen molar-refractivity contribution in [2.45, 2.75) is 26.7 Å². The van der Waals surface area contributed by atoms with E-state index in [1.165, 1.54) is 23.2 Å². The largest absolute Gasteiger partial charge is 0.397 e. The van der Waals surface area contributed by atoms with Crippen molar-refractivity contribution in [3.63, 3.8) is 0 Å². The van der Waals surface area contributed by atoms with Crippen LogP contribution >= 0.6 is 11.3 Å². The first-order valence-electron chi connectivity index (χ1n) is 15.4. The van der Waals surface area contributed by atoms with Gasteiger partial charge in [0.05, 0.1) is 34.4 Å². The highest BCUT2D eigenvalue weighted by atomic mass is 32.1. The number of aryl methyl sites for hydroxylation is 1. The molecular formula is C33H40N10O2S. The van der Waals surface area contributed by atoms with Gasteiger partial charge in [-0.2, -0.15) is 0 Å². The molecule has 0 unspecified atom stereocenters. The van der Waals surface area contributed by atoms with Crippen molar-refractivity contribution in [1.29, 1.82) is 10.8 Å². The molecule has 1 atom stereocenters. The van der Waals surface area contributed by atoms with Gasteiger partial charge in [0.2, 0.25) is 11.8 Å². The van der Waals surface area contributed by atoms with E-state index in [1.54, 1.807) is 30.3 Å². The minimum atomic E-state index is -0.250. The molecule has 1 saturated heterocycles. The van der Waals surface area contributed by atoms with Crippen LogP contribution in [0.4, 0.5) is 11.5 Å². The van der Waals surface area contributed by atoms with E-state index in [1.807, 2.05) is 43.0 Å². The topological polar surface area (TPSA) is 168 Å². The van der Waals surface area contributed by atoms with Gasteiger partial charge in [-0.25, -0.2) is 15.0 Å². The normalized spacial score (nSPS) is 16.8. The summed E-state index contributed by atoms with van der Waals surface area (Å²) in [5.74, 6) is 0.424. The number of likely N-dealkylation sites (tertiary alicyclic amines) is 1. The zero-order chi connectivity index (χ0) is 32.8. The number of anilines is 2. The number of nitrogens with one attached hydrogen (secondary N) is 3. The molecule has 5 rings (SSSR count). The van der Waals surface area contributed by atoms with Gasteiger partial charge in [-0.15, -0.1) is 11.3 Å². The van der Waals surface area contributed by atoms with Crippen LogP contribution in [0.25, 0.3) is 5.57 Å². The molecule has 2 amide bonds. The zero-order valence-corrected chi connectivity index (χ0v) is 27.2. The standard InChI is InChI=1S/C33H40N10O2S/c1-4-43(28-10-9-26(34)31(40-28)30(35)27-17-38-21(2)46-27)33(45)25-11-14-41(18-25)19-29(44)42-15-12-23(13-16-42)22-5-7-24(8-6-22)32(36)39-20-37-3/h5-10,12,17,20,25,35H,4,11,13-16,18-19,34H2,1-3H3,(H2,36,37,39)/t25-/m1/s1. The fraction of sp³-hybridized carbons (Fsp3) is 0.364. The quantitative estimate of drug-likeness (QED) is 0.195. The lowest BCUT2D eigenvalue weighted by atomic mass is 9.98. The number of pyridine rings is 1. The number of aliphatic imine (C=N–C) groups is 1. The Labute approximate surface area is 273 Å². The van der Waals surface area contributed by atoms with E-state index in [4.69, 9.17) is 16.6 Å². The average molecular weight is 641 g/mol. The van der Waals surface area contributed by atoms with Crippen LogP contribution in [0, 0.1) is 23.7 Å². The van der Waals surface area contributed by atoms with Gasteiger partial charge in [0, 0.05) is 45.0 Å². The lowest BCUT2D eigenvalue weighted by molar-refractivity contribution is -0.132. The Bertz CT molecular complexity index is 1680. The number of benzene rings is 1. The number of nitrogens with two attached hydrogens (primary N) is 1. The molecule has 3 aromatic rings. The number of hydrogen-bond acceptors (Lipinski definition) is 9. The molecule has 1 fully saturated rings. The van der Waals surface area contributed by atoms with Crippen molar-refractivity contribution in [1.82, 2.24) is 25.1 Å². The number of hydrogen-bond donors (Lipinski definition) is 4. The highest BCUT2D eigenvalue weighted by molar-refractivity contribution is 7.13. The van der Waals surface area contributed by atoms with Crippen LogP contribution in [0.15, 0.2) is 53.7 Å². The summed E-state index contributed by atoms with van der Waals surface area (Å²) in [4.78, 5) is 46.0. The summed E-state index contributed by atoms with van der Waals surface area (Å²) in [5.41, 5.74) is 10.1. The Morgan fingerprint density at radius 3 is 2.63 bits per heavy atom. The molecule has 0 spiro atoms. The number of carbonyl (C=O) groups is 2. The number of nitrogens with zero attached hydrogens (tertiary/aromatic N) is 6. The van der Waals surface area contributed by atoms with Gasteiger partial charge in [0.15, 0.2) is 5.84 Å². The van der Waals surface area contributed by atoms with Crippen LogP contribution in [-0.2, 0) is 9.59 Å². The summed E-state index contributed by atoms with van der Waals surface area (Å²) in [6.45, 7) is 6.84. The predicted molar refractivity (Wildman–Crippen MR) is 184 cm³/mol. The fourth-order valence-corrected chi connectivity index (χ4v) is 6.46. The van der Waals surface area contributed by atoms with Crippen LogP contribution in [0.1, 0.15) is 46.5 Å². The van der Waals surface area contributed by atoms with Crippen molar-refractivity contribution >= 4 is 58.1 Å². The molecule has 4 heterocycles. The second-order valence-electron chi connectivity index (χ2n) is 11.3. The molecule has 5 N–H and O–H groups in total. The zero-order valence-electron chi connectivity index (χ0n) is 26.4. The Hall–Kier alpha value is -4.75. The maximum atomic E-state index is 13.7. The number of rotatable bonds is 10. The third kappa shape index (κ3) is 7.37. The molecule has 2 aliphatic rings. The van der Waals surface area contributed by atoms with Gasteiger partial charge in [0.25, 0.3) is 0 Å². The van der Waals surface area contributed by atoms with Crippen molar-refractivity contribution in [2.75, 3.05) is 56.9 Å². The van der Waals surface area contributed by atoms with Crippen LogP contribution in [0.3, 0.4) is 0 Å². The van der Waals surface area contributed by atoms with E-state index in [2.05, 4.69) is 31.3 Å². The van der Waals surface area contributed by atoms with Crippen LogP contribution < -0.4 is 16.0 Å². The van der Waals surface area contributed by atoms with Gasteiger partial charge in [-0.05, 0) is 56.5 Å². The number of amides is 2. The van der Waals surface area contributed by atoms with Crippen LogP contribution in [-0.4, -0.2) is 95.8 Å². The van der Waals surface area contributed by atoms with E-state index in [0.717, 1.165) is 22.6 Å². The number of nitrogen functional groups attached to an aromatic ring is 1. The maximum absolute atomic E-state index is 13.7. The molecular weight excluding hydrogens is 600 g/mol. The van der Waals surface area contributed by atoms with Crippen molar-refractivity contribution in [3.8, 4) is 0 Å². The molecule has 0 saturated carbocycles. The van der Waals surface area contributed by atoms with E-state index in [9.17, 15) is 9.59 Å². The average Bonchev–Trinajstić information content (AvgIpc) is 3.73. The number of carbonyl (C=O) groups excluding carboxylic acids is 2. The predicted octanol–water partition coefficient (Wildman–Crippen LogP) is 3.41. The second kappa shape index (κ2) is 14.6. The molecule has 240 valence electrons. The van der Waals surface area contributed by atoms with Gasteiger partial charge in [-0.1, -0.05) is 30.3 Å². The van der Waals surface area contributed by atoms with Crippen LogP contribution in [0.5, 0.6) is 0 Å². The number of aromatic nitrogens is 2. The first kappa shape index (κ1) is 32.6. The van der Waals surface area contributed by atoms with Crippen molar-refractivity contribution < 1.29 is 9.59 Å². The van der Waals surface area contributed by atoms with E-state index in [-0.39, 0.29) is 35.8 Å². The lowest BCUT2D eigenvalue weighted by Crippen LogP contribution is -2.42. The summed E-state index contributed by atoms with van der Waals surface area (Å²) in [6.07, 6.45) is 6.64. The monoisotopic (exact) mass is 640 g/mol. The molecule has 12 nitrogen and oxygen atoms in total. The second-order valence-corrected chi connectivity index (χ2v) is 12.6. The van der Waals surface area contributed by atoms with E-state index >= 15 is 0 Å². The molecule has 1 aromatic carbocycles. The highest BCUT2D eigenvalue weighted by Gasteiger charge is 2.34. The molecule has 0 radical (unpaired) electrons. The van der Waals surface area contributed by atoms with E-state index in [0.29, 0.717) is 61.2 Å². The van der Waals surface area contributed by atoms with Crippen LogP contribution in [0.2, 0.25) is 0 Å². The van der Waals surface area contributed by atoms with E-state index < -0.39 is 0 Å². The molecule has 46 heavy (non-hydrogen) atoms. The highest BCUT2D eigenvalue weighted by Crippen LogP contribution is 2.27. The summed E-state index contributed by atoms with van der Waals surface area (Å²) in [5, 5.41) is 20.3. The Balaban J connectivity index is 1.16. The fourth-order valence-electron chi connectivity index (χ4n) is 5.73. The third-order valence-corrected chi connectivity index (χ3v) is 9.20. The SMILES string of the molecule is CCN(C(=O)[C@@H]1CCN(CC(=O)N2CC=C(c3ccc(C(=N)/N=C\NC)cc3)CC2)C1)c1ccc(N)c(C(=N)c2cnc(C)s2)n1. The summed E-state index contributed by atoms with van der Waals surface area (Å²) in [6, 6.07) is 11.2. The maximum Gasteiger partial charge on any atom is 0.237 e. The smallest absolute Gasteiger partial charge is 0.237 e. The Kier molecular flexibility index (Phi) is 10.3. The third-order valence-electron chi connectivity index (χ3n) is 8.27. The summed E-state index contributed by atoms with van der Waals surface area (Å²) < 4.78 is 0. The summed E-state index contributed by atoms with van der Waals surface area (Å²) in [7, 11) is 1.74. The van der Waals surface area contributed by atoms with Gasteiger partial charge < -0.3 is 16.0 Å². The Morgan fingerprint density at radius 2 is 1.98 bits per heavy atom. The van der Waals surface area contributed by atoms with Gasteiger partial charge >= 0.3 is 0 Å². The molecule has 0 aliphatic carbocycles. The Morgan fingerprint density at radius 1 is 1.20 bits per heavy atom. The number of thiazole rings is 1. The van der Waals surface area contributed by atoms with Gasteiger partial charge in [0.1, 0.15) is 17.2 Å². The first-order chi connectivity index (χ1) is 22.2.